The van der Waals surface area contributed by atoms with Crippen molar-refractivity contribution in [3.05, 3.63) is 15.6 Å². The minimum absolute atomic E-state index is 0. The summed E-state index contributed by atoms with van der Waals surface area (Å²) < 4.78 is 0. The number of aryl methyl sites for hydroxylation is 2. The van der Waals surface area contributed by atoms with Gasteiger partial charge in [-0.05, 0) is 13.8 Å². The third-order valence-electron chi connectivity index (χ3n) is 1.13. The first-order chi connectivity index (χ1) is 4.24. The molecule has 1 heterocycles. The van der Waals surface area contributed by atoms with E-state index in [1.165, 1.54) is 10.6 Å². The van der Waals surface area contributed by atoms with Gasteiger partial charge in [-0.2, -0.15) is 0 Å². The number of rotatable bonds is 1. The molecule has 4 heteroatoms. The highest BCUT2D eigenvalue weighted by Crippen LogP contribution is 2.17. The monoisotopic (exact) mass is 285 g/mol. The Bertz CT molecular complexity index is 210. The topological polar surface area (TPSA) is 12.9 Å². The maximum absolute atomic E-state index is 4.30. The van der Waals surface area contributed by atoms with Crippen LogP contribution in [0.2, 0.25) is 0 Å². The van der Waals surface area contributed by atoms with E-state index in [-0.39, 0.29) is 17.0 Å². The zero-order chi connectivity index (χ0) is 6.85. The number of hydrogen-bond donors (Lipinski definition) is 0. The normalized spacial score (nSPS) is 9.10. The molecule has 1 nitrogen and oxygen atoms in total. The van der Waals surface area contributed by atoms with Gasteiger partial charge in [-0.3, -0.25) is 0 Å². The van der Waals surface area contributed by atoms with Gasteiger partial charge in [-0.1, -0.05) is 15.9 Å². The van der Waals surface area contributed by atoms with Crippen molar-refractivity contribution in [3.8, 4) is 0 Å². The number of hydrogen-bond acceptors (Lipinski definition) is 2. The molecule has 0 amide bonds. The minimum atomic E-state index is 0. The lowest BCUT2D eigenvalue weighted by molar-refractivity contribution is 1.16. The van der Waals surface area contributed by atoms with Crippen LogP contribution in [0.5, 0.6) is 0 Å². The Morgan fingerprint density at radius 1 is 1.50 bits per heavy atom. The Morgan fingerprint density at radius 2 is 2.10 bits per heavy atom. The van der Waals surface area contributed by atoms with Gasteiger partial charge in [-0.25, -0.2) is 4.98 Å². The lowest BCUT2D eigenvalue weighted by atomic mass is 10.4. The molecule has 0 bridgehead atoms. The van der Waals surface area contributed by atoms with Crippen LogP contribution in [-0.2, 0) is 5.33 Å². The van der Waals surface area contributed by atoms with Gasteiger partial charge in [0.1, 0.15) is 0 Å². The molecular formula is C6H9Br2NS. The van der Waals surface area contributed by atoms with Crippen LogP contribution in [0.15, 0.2) is 0 Å². The van der Waals surface area contributed by atoms with E-state index < -0.39 is 0 Å². The first-order valence-corrected chi connectivity index (χ1v) is 4.66. The molecule has 1 aromatic rings. The molecule has 10 heavy (non-hydrogen) atoms. The van der Waals surface area contributed by atoms with E-state index in [0.29, 0.717) is 0 Å². The summed E-state index contributed by atoms with van der Waals surface area (Å²) in [6.07, 6.45) is 0. The van der Waals surface area contributed by atoms with E-state index in [2.05, 4.69) is 27.8 Å². The molecular weight excluding hydrogens is 278 g/mol. The molecule has 0 aliphatic heterocycles. The Hall–Kier alpha value is 0.590. The molecule has 0 spiro atoms. The predicted octanol–water partition coefficient (Wildman–Crippen LogP) is 3.23. The molecule has 0 fully saturated rings. The maximum Gasteiger partial charge on any atom is 0.0900 e. The Balaban J connectivity index is 0.000000810. The second kappa shape index (κ2) is 4.46. The highest BCUT2D eigenvalue weighted by Gasteiger charge is 2.00. The van der Waals surface area contributed by atoms with Crippen LogP contribution in [0.4, 0.5) is 0 Å². The van der Waals surface area contributed by atoms with Gasteiger partial charge in [0, 0.05) is 10.2 Å². The van der Waals surface area contributed by atoms with Crippen LogP contribution in [-0.4, -0.2) is 4.98 Å². The zero-order valence-corrected chi connectivity index (χ0v) is 9.96. The van der Waals surface area contributed by atoms with Crippen LogP contribution in [0, 0.1) is 13.8 Å². The maximum atomic E-state index is 4.30. The van der Waals surface area contributed by atoms with Crippen molar-refractivity contribution in [2.75, 3.05) is 0 Å². The van der Waals surface area contributed by atoms with Gasteiger partial charge < -0.3 is 0 Å². The summed E-state index contributed by atoms with van der Waals surface area (Å²) in [5.41, 5.74) is 1.18. The standard InChI is InChI=1S/C6H8BrNS.BrH/c1-4-6(3-7)8-5(2)9-4;/h3H2,1-2H3;1H. The Morgan fingerprint density at radius 3 is 2.30 bits per heavy atom. The van der Waals surface area contributed by atoms with E-state index in [0.717, 1.165) is 10.3 Å². The molecule has 0 aliphatic rings. The molecule has 0 saturated heterocycles. The van der Waals surface area contributed by atoms with Gasteiger partial charge in [0.05, 0.1) is 10.7 Å². The minimum Gasteiger partial charge on any atom is -0.245 e. The lowest BCUT2D eigenvalue weighted by Gasteiger charge is -1.84. The predicted molar refractivity (Wildman–Crippen MR) is 54.5 cm³/mol. The Kier molecular flexibility index (Phi) is 4.73. The number of nitrogens with zero attached hydrogens (tertiary/aromatic N) is 1. The summed E-state index contributed by atoms with van der Waals surface area (Å²) >= 11 is 5.12. The van der Waals surface area contributed by atoms with Gasteiger partial charge in [0.15, 0.2) is 0 Å². The van der Waals surface area contributed by atoms with Crippen LogP contribution < -0.4 is 0 Å². The average molecular weight is 287 g/mol. The third-order valence-corrected chi connectivity index (χ3v) is 2.59. The molecule has 1 aromatic heterocycles. The van der Waals surface area contributed by atoms with E-state index in [1.54, 1.807) is 11.3 Å². The smallest absolute Gasteiger partial charge is 0.0900 e. The van der Waals surface area contributed by atoms with E-state index in [4.69, 9.17) is 0 Å². The SMILES string of the molecule is Br.Cc1nc(CBr)c(C)s1. The second-order valence-corrected chi connectivity index (χ2v) is 3.84. The van der Waals surface area contributed by atoms with Crippen LogP contribution in [0.3, 0.4) is 0 Å². The van der Waals surface area contributed by atoms with Crippen LogP contribution in [0.25, 0.3) is 0 Å². The van der Waals surface area contributed by atoms with Crippen molar-refractivity contribution in [1.29, 1.82) is 0 Å². The number of halogens is 2. The second-order valence-electron chi connectivity index (χ2n) is 1.87. The third kappa shape index (κ3) is 2.32. The molecule has 0 saturated carbocycles. The van der Waals surface area contributed by atoms with E-state index in [9.17, 15) is 0 Å². The number of aromatic nitrogens is 1. The summed E-state index contributed by atoms with van der Waals surface area (Å²) in [6, 6.07) is 0. The number of thiazole rings is 1. The molecule has 0 aromatic carbocycles. The van der Waals surface area contributed by atoms with Crippen LogP contribution in [0.1, 0.15) is 15.6 Å². The van der Waals surface area contributed by atoms with Crippen molar-refractivity contribution >= 4 is 44.2 Å². The largest absolute Gasteiger partial charge is 0.245 e. The Labute approximate surface area is 83.8 Å². The molecule has 0 radical (unpaired) electrons. The molecule has 0 N–H and O–H groups in total. The van der Waals surface area contributed by atoms with Crippen molar-refractivity contribution < 1.29 is 0 Å². The number of alkyl halides is 1. The highest BCUT2D eigenvalue weighted by molar-refractivity contribution is 9.08. The average Bonchev–Trinajstić information content (AvgIpc) is 2.10. The van der Waals surface area contributed by atoms with Gasteiger partial charge >= 0.3 is 0 Å². The van der Waals surface area contributed by atoms with Crippen molar-refractivity contribution in [3.63, 3.8) is 0 Å². The van der Waals surface area contributed by atoms with Crippen LogP contribution >= 0.6 is 44.2 Å². The van der Waals surface area contributed by atoms with Crippen molar-refractivity contribution in [1.82, 2.24) is 4.98 Å². The highest BCUT2D eigenvalue weighted by atomic mass is 79.9. The van der Waals surface area contributed by atoms with Gasteiger partial charge in [-0.15, -0.1) is 28.3 Å². The van der Waals surface area contributed by atoms with Gasteiger partial charge in [0.25, 0.3) is 0 Å². The quantitative estimate of drug-likeness (QED) is 0.723. The first kappa shape index (κ1) is 10.6. The van der Waals surface area contributed by atoms with Crippen molar-refractivity contribution in [2.45, 2.75) is 19.2 Å². The summed E-state index contributed by atoms with van der Waals surface area (Å²) in [5.74, 6) is 0. The summed E-state index contributed by atoms with van der Waals surface area (Å²) in [6.45, 7) is 4.13. The first-order valence-electron chi connectivity index (χ1n) is 2.73. The summed E-state index contributed by atoms with van der Waals surface area (Å²) in [7, 11) is 0. The molecule has 0 atom stereocenters. The van der Waals surface area contributed by atoms with E-state index >= 15 is 0 Å². The van der Waals surface area contributed by atoms with E-state index in [1.807, 2.05) is 6.92 Å². The zero-order valence-electron chi connectivity index (χ0n) is 5.85. The molecule has 58 valence electrons. The molecule has 0 unspecified atom stereocenters. The fourth-order valence-electron chi connectivity index (χ4n) is 0.696. The lowest BCUT2D eigenvalue weighted by Crippen LogP contribution is -1.78. The fourth-order valence-corrected chi connectivity index (χ4v) is 2.26. The molecule has 0 aliphatic carbocycles. The summed E-state index contributed by atoms with van der Waals surface area (Å²) in [4.78, 5) is 5.62. The molecule has 1 rings (SSSR count). The summed E-state index contributed by atoms with van der Waals surface area (Å²) in [5, 5.41) is 2.03. The van der Waals surface area contributed by atoms with Gasteiger partial charge in [0.2, 0.25) is 0 Å². The van der Waals surface area contributed by atoms with Crippen molar-refractivity contribution in [2.24, 2.45) is 0 Å². The fraction of sp³-hybridized carbons (Fsp3) is 0.500.